The molecule has 1 aliphatic heterocycles. The molecule has 0 bridgehead atoms. The lowest BCUT2D eigenvalue weighted by molar-refractivity contribution is 0.0869. The van der Waals surface area contributed by atoms with E-state index in [0.29, 0.717) is 0 Å². The van der Waals surface area contributed by atoms with Crippen molar-refractivity contribution < 1.29 is 9.84 Å². The Morgan fingerprint density at radius 3 is 3.00 bits per heavy atom. The number of aryl methyl sites for hydroxylation is 2. The second kappa shape index (κ2) is 5.87. The Balaban J connectivity index is 1.87. The summed E-state index contributed by atoms with van der Waals surface area (Å²) in [6.45, 7) is 2.83. The van der Waals surface area contributed by atoms with Gasteiger partial charge in [-0.25, -0.2) is 0 Å². The van der Waals surface area contributed by atoms with Crippen LogP contribution in [0.25, 0.3) is 0 Å². The van der Waals surface area contributed by atoms with Crippen LogP contribution in [-0.2, 0) is 11.2 Å². The van der Waals surface area contributed by atoms with Gasteiger partial charge in [0.15, 0.2) is 0 Å². The number of ether oxygens (including phenoxy) is 1. The second-order valence-corrected chi connectivity index (χ2v) is 4.64. The lowest BCUT2D eigenvalue weighted by Crippen LogP contribution is -2.17. The molecule has 2 rings (SSSR count). The van der Waals surface area contributed by atoms with Gasteiger partial charge < -0.3 is 9.84 Å². The van der Waals surface area contributed by atoms with Crippen molar-refractivity contribution in [3.8, 4) is 0 Å². The largest absolute Gasteiger partial charge is 0.496 e. The molecule has 1 aromatic carbocycles. The maximum Gasteiger partial charge on any atom is 0.120 e. The average molecular weight is 232 g/mol. The van der Waals surface area contributed by atoms with Crippen LogP contribution in [0.2, 0.25) is 0 Å². The summed E-state index contributed by atoms with van der Waals surface area (Å²) in [4.78, 5) is 0. The Labute approximate surface area is 103 Å². The molecule has 0 radical (unpaired) electrons. The Morgan fingerprint density at radius 2 is 2.29 bits per heavy atom. The summed E-state index contributed by atoms with van der Waals surface area (Å²) in [6, 6.07) is 8.43. The van der Waals surface area contributed by atoms with E-state index in [-0.39, 0.29) is 0 Å². The highest BCUT2D eigenvalue weighted by atomic mass is 16.5. The number of rotatable bonds is 4. The first-order valence-corrected chi connectivity index (χ1v) is 6.32. The fourth-order valence-corrected chi connectivity index (χ4v) is 2.12. The van der Waals surface area contributed by atoms with E-state index in [0.717, 1.165) is 38.0 Å². The summed E-state index contributed by atoms with van der Waals surface area (Å²) in [5.41, 5.74) is 2.55. The predicted molar refractivity (Wildman–Crippen MR) is 68.8 cm³/mol. The van der Waals surface area contributed by atoms with Crippen molar-refractivity contribution in [1.82, 2.24) is 0 Å². The fraction of sp³-hybridized carbons (Fsp3) is 0.467. The maximum atomic E-state index is 10.0. The summed E-state index contributed by atoms with van der Waals surface area (Å²) in [6.07, 6.45) is 5.28. The van der Waals surface area contributed by atoms with E-state index in [1.54, 1.807) is 0 Å². The zero-order valence-electron chi connectivity index (χ0n) is 10.4. The lowest BCUT2D eigenvalue weighted by atomic mass is 10.0. The van der Waals surface area contributed by atoms with Gasteiger partial charge in [-0.2, -0.15) is 0 Å². The van der Waals surface area contributed by atoms with Crippen LogP contribution in [0.4, 0.5) is 0 Å². The molecule has 1 heterocycles. The van der Waals surface area contributed by atoms with Crippen LogP contribution in [0.3, 0.4) is 0 Å². The third kappa shape index (κ3) is 3.60. The van der Waals surface area contributed by atoms with Gasteiger partial charge in [-0.3, -0.25) is 0 Å². The Morgan fingerprint density at radius 1 is 1.41 bits per heavy atom. The molecule has 2 heteroatoms. The minimum atomic E-state index is -0.448. The molecule has 17 heavy (non-hydrogen) atoms. The SMILES string of the molecule is Cc1cccc(CCC(O)C2=CCCCO2)c1. The molecule has 1 aromatic rings. The molecule has 0 aromatic heterocycles. The molecule has 2 nitrogen and oxygen atoms in total. The molecule has 0 aliphatic carbocycles. The van der Waals surface area contributed by atoms with Crippen LogP contribution >= 0.6 is 0 Å². The Hall–Kier alpha value is -1.28. The highest BCUT2D eigenvalue weighted by Crippen LogP contribution is 2.17. The summed E-state index contributed by atoms with van der Waals surface area (Å²) in [5.74, 6) is 0.768. The third-order valence-corrected chi connectivity index (χ3v) is 3.08. The van der Waals surface area contributed by atoms with Crippen LogP contribution < -0.4 is 0 Å². The molecule has 1 unspecified atom stereocenters. The maximum absolute atomic E-state index is 10.0. The minimum absolute atomic E-state index is 0.448. The van der Waals surface area contributed by atoms with Crippen molar-refractivity contribution in [3.05, 3.63) is 47.2 Å². The van der Waals surface area contributed by atoms with Crippen molar-refractivity contribution in [3.63, 3.8) is 0 Å². The Kier molecular flexibility index (Phi) is 4.21. The molecule has 0 saturated carbocycles. The summed E-state index contributed by atoms with van der Waals surface area (Å²) >= 11 is 0. The quantitative estimate of drug-likeness (QED) is 0.864. The number of aliphatic hydroxyl groups is 1. The third-order valence-electron chi connectivity index (χ3n) is 3.08. The van der Waals surface area contributed by atoms with Crippen LogP contribution in [0, 0.1) is 6.92 Å². The molecule has 1 atom stereocenters. The standard InChI is InChI=1S/C15H20O2/c1-12-5-4-6-13(11-12)8-9-14(16)15-7-2-3-10-17-15/h4-7,11,14,16H,2-3,8-10H2,1H3. The van der Waals surface area contributed by atoms with Crippen LogP contribution in [0.1, 0.15) is 30.4 Å². The molecule has 0 saturated heterocycles. The summed E-state index contributed by atoms with van der Waals surface area (Å²) < 4.78 is 5.46. The molecule has 0 spiro atoms. The molecule has 1 aliphatic rings. The highest BCUT2D eigenvalue weighted by molar-refractivity contribution is 5.22. The number of hydrogen-bond donors (Lipinski definition) is 1. The van der Waals surface area contributed by atoms with Crippen LogP contribution in [0.5, 0.6) is 0 Å². The van der Waals surface area contributed by atoms with Gasteiger partial charge >= 0.3 is 0 Å². The van der Waals surface area contributed by atoms with Crippen molar-refractivity contribution in [2.75, 3.05) is 6.61 Å². The van der Waals surface area contributed by atoms with Gasteiger partial charge in [-0.15, -0.1) is 0 Å². The molecule has 0 amide bonds. The first-order valence-electron chi connectivity index (χ1n) is 6.32. The molecular formula is C15H20O2. The zero-order chi connectivity index (χ0) is 12.1. The van der Waals surface area contributed by atoms with E-state index in [9.17, 15) is 5.11 Å². The zero-order valence-corrected chi connectivity index (χ0v) is 10.4. The summed E-state index contributed by atoms with van der Waals surface area (Å²) in [5, 5.41) is 10.0. The predicted octanol–water partition coefficient (Wildman–Crippen LogP) is 2.98. The molecule has 1 N–H and O–H groups in total. The smallest absolute Gasteiger partial charge is 0.120 e. The van der Waals surface area contributed by atoms with Crippen LogP contribution in [0.15, 0.2) is 36.1 Å². The van der Waals surface area contributed by atoms with Gasteiger partial charge in [0, 0.05) is 0 Å². The second-order valence-electron chi connectivity index (χ2n) is 4.64. The van der Waals surface area contributed by atoms with Gasteiger partial charge in [0.1, 0.15) is 11.9 Å². The van der Waals surface area contributed by atoms with E-state index >= 15 is 0 Å². The number of aliphatic hydroxyl groups excluding tert-OH is 1. The average Bonchev–Trinajstić information content (AvgIpc) is 2.37. The first-order chi connectivity index (χ1) is 8.25. The van der Waals surface area contributed by atoms with Gasteiger partial charge in [-0.1, -0.05) is 29.8 Å². The van der Waals surface area contributed by atoms with Gasteiger partial charge in [0.25, 0.3) is 0 Å². The number of allylic oxidation sites excluding steroid dienone is 1. The van der Waals surface area contributed by atoms with Crippen LogP contribution in [-0.4, -0.2) is 17.8 Å². The summed E-state index contributed by atoms with van der Waals surface area (Å²) in [7, 11) is 0. The molecule has 0 fully saturated rings. The lowest BCUT2D eigenvalue weighted by Gasteiger charge is -2.19. The number of benzene rings is 1. The van der Waals surface area contributed by atoms with E-state index < -0.39 is 6.10 Å². The van der Waals surface area contributed by atoms with Crippen molar-refractivity contribution in [1.29, 1.82) is 0 Å². The topological polar surface area (TPSA) is 29.5 Å². The molecular weight excluding hydrogens is 212 g/mol. The first kappa shape index (κ1) is 12.2. The van der Waals surface area contributed by atoms with Crippen molar-refractivity contribution in [2.45, 2.75) is 38.7 Å². The highest BCUT2D eigenvalue weighted by Gasteiger charge is 2.14. The van der Waals surface area contributed by atoms with E-state index in [4.69, 9.17) is 4.74 Å². The Bertz CT molecular complexity index is 396. The van der Waals surface area contributed by atoms with E-state index in [1.807, 2.05) is 6.08 Å². The van der Waals surface area contributed by atoms with Crippen molar-refractivity contribution >= 4 is 0 Å². The normalized spacial score (nSPS) is 17.2. The molecule has 92 valence electrons. The van der Waals surface area contributed by atoms with E-state index in [1.165, 1.54) is 11.1 Å². The van der Waals surface area contributed by atoms with Gasteiger partial charge in [0.05, 0.1) is 6.61 Å². The minimum Gasteiger partial charge on any atom is -0.496 e. The van der Waals surface area contributed by atoms with Gasteiger partial charge in [-0.05, 0) is 44.2 Å². The number of hydrogen-bond acceptors (Lipinski definition) is 2. The van der Waals surface area contributed by atoms with Gasteiger partial charge in [0.2, 0.25) is 0 Å². The van der Waals surface area contributed by atoms with Crippen molar-refractivity contribution in [2.24, 2.45) is 0 Å². The fourth-order valence-electron chi connectivity index (χ4n) is 2.12. The van der Waals surface area contributed by atoms with E-state index in [2.05, 4.69) is 31.2 Å². The monoisotopic (exact) mass is 232 g/mol.